The minimum Gasteiger partial charge on any atom is -0.358 e. The van der Waals surface area contributed by atoms with Crippen LogP contribution < -0.4 is 0 Å². The molecule has 0 radical (unpaired) electrons. The van der Waals surface area contributed by atoms with Gasteiger partial charge in [0.25, 0.3) is 0 Å². The summed E-state index contributed by atoms with van der Waals surface area (Å²) >= 11 is 5.63. The second kappa shape index (κ2) is 4.41. The third kappa shape index (κ3) is 2.70. The Morgan fingerprint density at radius 3 is 2.79 bits per heavy atom. The van der Waals surface area contributed by atoms with Crippen LogP contribution in [0.1, 0.15) is 20.3 Å². The number of aromatic nitrogens is 2. The molecule has 1 rings (SSSR count). The first-order valence-electron chi connectivity index (χ1n) is 4.38. The average Bonchev–Trinajstić information content (AvgIpc) is 2.43. The summed E-state index contributed by atoms with van der Waals surface area (Å²) in [6.45, 7) is 4.82. The van der Waals surface area contributed by atoms with Crippen molar-refractivity contribution < 1.29 is 4.92 Å². The first-order chi connectivity index (χ1) is 6.50. The van der Waals surface area contributed by atoms with Gasteiger partial charge in [0, 0.05) is 0 Å². The van der Waals surface area contributed by atoms with Gasteiger partial charge in [-0.3, -0.25) is 0 Å². The van der Waals surface area contributed by atoms with E-state index in [0.29, 0.717) is 12.5 Å². The van der Waals surface area contributed by atoms with Crippen molar-refractivity contribution in [3.05, 3.63) is 21.3 Å². The van der Waals surface area contributed by atoms with Crippen LogP contribution >= 0.6 is 11.6 Å². The van der Waals surface area contributed by atoms with Gasteiger partial charge in [-0.05, 0) is 17.3 Å². The molecule has 0 aliphatic heterocycles. The number of nitrogens with zero attached hydrogens (tertiary/aromatic N) is 3. The van der Waals surface area contributed by atoms with Gasteiger partial charge in [-0.1, -0.05) is 25.4 Å². The van der Waals surface area contributed by atoms with E-state index in [1.54, 1.807) is 0 Å². The van der Waals surface area contributed by atoms with Gasteiger partial charge in [0.05, 0.1) is 17.8 Å². The molecular weight excluding hydrogens is 206 g/mol. The van der Waals surface area contributed by atoms with Crippen LogP contribution in [0.15, 0.2) is 6.20 Å². The van der Waals surface area contributed by atoms with Gasteiger partial charge >= 0.3 is 5.82 Å². The lowest BCUT2D eigenvalue weighted by atomic mass is 10.1. The van der Waals surface area contributed by atoms with Gasteiger partial charge < -0.3 is 10.1 Å². The van der Waals surface area contributed by atoms with Gasteiger partial charge in [0.1, 0.15) is 0 Å². The standard InChI is InChI=1S/C8H12ClN3O2/c1-6(2)3-4-11-5-7(9)8(10-11)12(13)14/h5-6H,3-4H2,1-2H3. The Morgan fingerprint density at radius 2 is 2.36 bits per heavy atom. The minimum absolute atomic E-state index is 0.0961. The lowest BCUT2D eigenvalue weighted by molar-refractivity contribution is -0.389. The summed E-state index contributed by atoms with van der Waals surface area (Å²) in [5, 5.41) is 14.3. The van der Waals surface area contributed by atoms with Crippen molar-refractivity contribution in [1.29, 1.82) is 0 Å². The maximum atomic E-state index is 10.4. The molecule has 0 bridgehead atoms. The van der Waals surface area contributed by atoms with Crippen LogP contribution in [0.2, 0.25) is 5.02 Å². The van der Waals surface area contributed by atoms with E-state index in [1.807, 2.05) is 0 Å². The lowest BCUT2D eigenvalue weighted by Crippen LogP contribution is -2.02. The Kier molecular flexibility index (Phi) is 3.46. The number of hydrogen-bond donors (Lipinski definition) is 0. The molecule has 14 heavy (non-hydrogen) atoms. The van der Waals surface area contributed by atoms with Gasteiger partial charge in [0.2, 0.25) is 0 Å². The van der Waals surface area contributed by atoms with E-state index in [9.17, 15) is 10.1 Å². The highest BCUT2D eigenvalue weighted by molar-refractivity contribution is 6.32. The molecule has 0 atom stereocenters. The molecule has 0 fully saturated rings. The molecule has 0 saturated heterocycles. The molecule has 1 aromatic rings. The molecule has 0 aromatic carbocycles. The summed E-state index contributed by atoms with van der Waals surface area (Å²) in [6, 6.07) is 0. The largest absolute Gasteiger partial charge is 0.408 e. The van der Waals surface area contributed by atoms with Crippen molar-refractivity contribution in [3.8, 4) is 0 Å². The van der Waals surface area contributed by atoms with E-state index >= 15 is 0 Å². The molecule has 1 aromatic heterocycles. The summed E-state index contributed by atoms with van der Waals surface area (Å²) in [5.74, 6) is 0.271. The predicted molar refractivity (Wildman–Crippen MR) is 53.3 cm³/mol. The third-order valence-corrected chi connectivity index (χ3v) is 2.07. The lowest BCUT2D eigenvalue weighted by Gasteiger charge is -2.00. The van der Waals surface area contributed by atoms with Gasteiger partial charge in [-0.25, -0.2) is 0 Å². The molecule has 0 N–H and O–H groups in total. The van der Waals surface area contributed by atoms with E-state index in [4.69, 9.17) is 11.6 Å². The fourth-order valence-corrected chi connectivity index (χ4v) is 1.24. The van der Waals surface area contributed by atoms with Gasteiger partial charge in [-0.2, -0.15) is 4.68 Å². The van der Waals surface area contributed by atoms with E-state index in [-0.39, 0.29) is 10.8 Å². The first kappa shape index (κ1) is 11.0. The van der Waals surface area contributed by atoms with Crippen LogP contribution in [0.3, 0.4) is 0 Å². The third-order valence-electron chi connectivity index (χ3n) is 1.81. The van der Waals surface area contributed by atoms with Crippen molar-refractivity contribution in [2.75, 3.05) is 0 Å². The molecule has 0 spiro atoms. The molecule has 5 nitrogen and oxygen atoms in total. The topological polar surface area (TPSA) is 61.0 Å². The highest BCUT2D eigenvalue weighted by Crippen LogP contribution is 2.21. The van der Waals surface area contributed by atoms with E-state index < -0.39 is 4.92 Å². The zero-order valence-corrected chi connectivity index (χ0v) is 8.86. The molecule has 78 valence electrons. The zero-order chi connectivity index (χ0) is 10.7. The quantitative estimate of drug-likeness (QED) is 0.575. The van der Waals surface area contributed by atoms with Crippen LogP contribution in [0, 0.1) is 16.0 Å². The molecule has 0 unspecified atom stereocenters. The second-order valence-corrected chi connectivity index (χ2v) is 3.91. The summed E-state index contributed by atoms with van der Waals surface area (Å²) in [6.07, 6.45) is 2.41. The second-order valence-electron chi connectivity index (χ2n) is 3.50. The van der Waals surface area contributed by atoms with Crippen molar-refractivity contribution in [2.45, 2.75) is 26.8 Å². The Bertz CT molecular complexity index is 335. The highest BCUT2D eigenvalue weighted by atomic mass is 35.5. The monoisotopic (exact) mass is 217 g/mol. The molecule has 1 heterocycles. The predicted octanol–water partition coefficient (Wildman–Crippen LogP) is 2.49. The number of hydrogen-bond acceptors (Lipinski definition) is 3. The van der Waals surface area contributed by atoms with E-state index in [2.05, 4.69) is 18.9 Å². The van der Waals surface area contributed by atoms with Gasteiger partial charge in [-0.15, -0.1) is 0 Å². The van der Waals surface area contributed by atoms with Crippen LogP contribution in [-0.2, 0) is 6.54 Å². The zero-order valence-electron chi connectivity index (χ0n) is 8.11. The van der Waals surface area contributed by atoms with Crippen LogP contribution in [0.25, 0.3) is 0 Å². The number of halogens is 1. The van der Waals surface area contributed by atoms with Crippen LogP contribution in [-0.4, -0.2) is 14.7 Å². The van der Waals surface area contributed by atoms with Crippen molar-refractivity contribution >= 4 is 17.4 Å². The fraction of sp³-hybridized carbons (Fsp3) is 0.625. The minimum atomic E-state index is -0.575. The first-order valence-corrected chi connectivity index (χ1v) is 4.76. The SMILES string of the molecule is CC(C)CCn1cc(Cl)c([N+](=O)[O-])n1. The Balaban J connectivity index is 2.71. The average molecular weight is 218 g/mol. The smallest absolute Gasteiger partial charge is 0.358 e. The highest BCUT2D eigenvalue weighted by Gasteiger charge is 2.18. The van der Waals surface area contributed by atoms with Crippen molar-refractivity contribution in [2.24, 2.45) is 5.92 Å². The maximum Gasteiger partial charge on any atom is 0.408 e. The van der Waals surface area contributed by atoms with Crippen LogP contribution in [0.5, 0.6) is 0 Å². The fourth-order valence-electron chi connectivity index (χ4n) is 1.02. The number of rotatable bonds is 4. The van der Waals surface area contributed by atoms with E-state index in [0.717, 1.165) is 6.42 Å². The molecule has 0 aliphatic carbocycles. The van der Waals surface area contributed by atoms with Gasteiger partial charge in [0.15, 0.2) is 5.02 Å². The van der Waals surface area contributed by atoms with Crippen molar-refractivity contribution in [3.63, 3.8) is 0 Å². The van der Waals surface area contributed by atoms with E-state index in [1.165, 1.54) is 10.9 Å². The summed E-state index contributed by atoms with van der Waals surface area (Å²) in [4.78, 5) is 9.84. The van der Waals surface area contributed by atoms with Crippen molar-refractivity contribution in [1.82, 2.24) is 9.78 Å². The summed E-state index contributed by atoms with van der Waals surface area (Å²) < 4.78 is 1.51. The molecule has 0 saturated carbocycles. The summed E-state index contributed by atoms with van der Waals surface area (Å²) in [5.41, 5.74) is 0. The summed E-state index contributed by atoms with van der Waals surface area (Å²) in [7, 11) is 0. The normalized spacial score (nSPS) is 10.9. The Morgan fingerprint density at radius 1 is 1.71 bits per heavy atom. The molecule has 0 aliphatic rings. The number of nitro groups is 1. The van der Waals surface area contributed by atoms with Crippen LogP contribution in [0.4, 0.5) is 5.82 Å². The molecule has 6 heteroatoms. The Hall–Kier alpha value is -1.10. The molecular formula is C8H12ClN3O2. The number of aryl methyl sites for hydroxylation is 1. The maximum absolute atomic E-state index is 10.4. The Labute approximate surface area is 86.8 Å². The molecule has 0 amide bonds.